The van der Waals surface area contributed by atoms with Crippen LogP contribution in [-0.4, -0.2) is 53.2 Å². The molecule has 1 aromatic heterocycles. The number of aromatic nitrogens is 2. The van der Waals surface area contributed by atoms with Gasteiger partial charge in [0, 0.05) is 36.7 Å². The molecule has 4 N–H and O–H groups in total. The number of aliphatic hydroxyl groups is 1. The topological polar surface area (TPSA) is 114 Å². The van der Waals surface area contributed by atoms with Crippen molar-refractivity contribution in [2.45, 2.75) is 64.6 Å². The SMILES string of the molecule is COc1cc2nc(C)nc(N[C@H](C)c3cc(N)cc(C(F)(F)F)c3C)c2cc1[C@H]1CC[C@H](C(=O)N(C)CCO)CC1. The average Bonchev–Trinajstić information content (AvgIpc) is 2.92. The fourth-order valence-corrected chi connectivity index (χ4v) is 5.91. The maximum atomic E-state index is 13.7. The van der Waals surface area contributed by atoms with Gasteiger partial charge in [-0.15, -0.1) is 0 Å². The number of amides is 1. The number of rotatable bonds is 8. The number of anilines is 2. The van der Waals surface area contributed by atoms with Gasteiger partial charge in [-0.1, -0.05) is 0 Å². The molecule has 1 aliphatic rings. The summed E-state index contributed by atoms with van der Waals surface area (Å²) in [6.45, 7) is 5.24. The molecule has 1 atom stereocenters. The van der Waals surface area contributed by atoms with E-state index in [2.05, 4.69) is 15.3 Å². The van der Waals surface area contributed by atoms with Gasteiger partial charge in [0.2, 0.25) is 5.91 Å². The number of nitrogen functional groups attached to an aromatic ring is 1. The quantitative estimate of drug-likeness (QED) is 0.294. The number of fused-ring (bicyclic) bond motifs is 1. The first-order chi connectivity index (χ1) is 19.3. The van der Waals surface area contributed by atoms with Gasteiger partial charge in [0.1, 0.15) is 17.4 Å². The first-order valence-corrected chi connectivity index (χ1v) is 13.8. The molecule has 2 aromatic carbocycles. The third kappa shape index (κ3) is 6.50. The highest BCUT2D eigenvalue weighted by molar-refractivity contribution is 5.91. The number of aryl methyl sites for hydroxylation is 1. The van der Waals surface area contributed by atoms with Crippen LogP contribution in [0.3, 0.4) is 0 Å². The van der Waals surface area contributed by atoms with Gasteiger partial charge >= 0.3 is 6.18 Å². The molecule has 0 saturated heterocycles. The average molecular weight is 574 g/mol. The van der Waals surface area contributed by atoms with Crippen LogP contribution < -0.4 is 15.8 Å². The Balaban J connectivity index is 1.66. The standard InChI is InChI=1S/C30H38F3N5O3/c1-16-22(12-21(34)13-25(16)30(31,32)33)17(2)35-28-24-14-23(27(41-5)15-26(24)36-18(3)37-28)19-6-8-20(9-7-19)29(40)38(4)10-11-39/h12-15,17,19-20,39H,6-11,34H2,1-5H3,(H,35,36,37)/t17-,19-,20-/m1/s1. The highest BCUT2D eigenvalue weighted by Crippen LogP contribution is 2.43. The lowest BCUT2D eigenvalue weighted by Gasteiger charge is -2.31. The van der Waals surface area contributed by atoms with Crippen molar-refractivity contribution in [3.63, 3.8) is 0 Å². The molecule has 8 nitrogen and oxygen atoms in total. The highest BCUT2D eigenvalue weighted by atomic mass is 19.4. The molecule has 41 heavy (non-hydrogen) atoms. The van der Waals surface area contributed by atoms with E-state index in [1.165, 1.54) is 6.92 Å². The molecule has 1 amide bonds. The zero-order valence-electron chi connectivity index (χ0n) is 24.1. The maximum Gasteiger partial charge on any atom is 0.416 e. The van der Waals surface area contributed by atoms with Gasteiger partial charge in [-0.2, -0.15) is 13.2 Å². The molecule has 1 heterocycles. The van der Waals surface area contributed by atoms with Crippen LogP contribution in [0, 0.1) is 19.8 Å². The van der Waals surface area contributed by atoms with Crippen LogP contribution in [0.25, 0.3) is 10.9 Å². The van der Waals surface area contributed by atoms with Gasteiger partial charge < -0.3 is 25.8 Å². The van der Waals surface area contributed by atoms with Crippen molar-refractivity contribution in [2.75, 3.05) is 38.4 Å². The molecule has 222 valence electrons. The van der Waals surface area contributed by atoms with Gasteiger partial charge in [-0.3, -0.25) is 4.79 Å². The summed E-state index contributed by atoms with van der Waals surface area (Å²) in [5.41, 5.74) is 7.33. The van der Waals surface area contributed by atoms with Crippen molar-refractivity contribution in [1.29, 1.82) is 0 Å². The summed E-state index contributed by atoms with van der Waals surface area (Å²) in [5.74, 6) is 1.84. The van der Waals surface area contributed by atoms with Crippen molar-refractivity contribution in [3.05, 3.63) is 52.3 Å². The second kappa shape index (κ2) is 12.1. The molecule has 0 spiro atoms. The van der Waals surface area contributed by atoms with Gasteiger partial charge in [0.25, 0.3) is 0 Å². The number of carbonyl (C=O) groups is 1. The van der Waals surface area contributed by atoms with Crippen LogP contribution >= 0.6 is 0 Å². The Bertz CT molecular complexity index is 1420. The predicted molar refractivity (Wildman–Crippen MR) is 153 cm³/mol. The minimum Gasteiger partial charge on any atom is -0.496 e. The van der Waals surface area contributed by atoms with E-state index in [1.54, 1.807) is 39.0 Å². The fourth-order valence-electron chi connectivity index (χ4n) is 5.91. The van der Waals surface area contributed by atoms with E-state index in [0.717, 1.165) is 42.7 Å². The summed E-state index contributed by atoms with van der Waals surface area (Å²) < 4.78 is 46.7. The number of likely N-dealkylation sites (N-methyl/N-ethyl adjacent to an activating group) is 1. The number of methoxy groups -OCH3 is 1. The highest BCUT2D eigenvalue weighted by Gasteiger charge is 2.34. The number of aliphatic hydroxyl groups excluding tert-OH is 1. The minimum absolute atomic E-state index is 0.0407. The Morgan fingerprint density at radius 2 is 1.85 bits per heavy atom. The molecule has 1 aliphatic carbocycles. The summed E-state index contributed by atoms with van der Waals surface area (Å²) in [5, 5.41) is 13.2. The van der Waals surface area contributed by atoms with E-state index in [1.807, 2.05) is 12.1 Å². The lowest BCUT2D eigenvalue weighted by Crippen LogP contribution is -2.36. The largest absolute Gasteiger partial charge is 0.496 e. The number of nitrogens with one attached hydrogen (secondary N) is 1. The van der Waals surface area contributed by atoms with Crippen LogP contribution in [0.5, 0.6) is 5.75 Å². The van der Waals surface area contributed by atoms with E-state index >= 15 is 0 Å². The second-order valence-corrected chi connectivity index (χ2v) is 10.9. The molecule has 0 radical (unpaired) electrons. The molecule has 4 rings (SSSR count). The number of hydrogen-bond donors (Lipinski definition) is 3. The molecule has 1 saturated carbocycles. The zero-order valence-corrected chi connectivity index (χ0v) is 24.1. The van der Waals surface area contributed by atoms with E-state index in [-0.39, 0.29) is 35.6 Å². The van der Waals surface area contributed by atoms with Crippen LogP contribution in [-0.2, 0) is 11.0 Å². The van der Waals surface area contributed by atoms with Crippen molar-refractivity contribution in [3.8, 4) is 5.75 Å². The van der Waals surface area contributed by atoms with E-state index in [9.17, 15) is 23.1 Å². The van der Waals surface area contributed by atoms with Crippen LogP contribution in [0.1, 0.15) is 72.6 Å². The van der Waals surface area contributed by atoms with Gasteiger partial charge in [0.05, 0.1) is 30.8 Å². The summed E-state index contributed by atoms with van der Waals surface area (Å²) in [4.78, 5) is 23.5. The number of hydrogen-bond acceptors (Lipinski definition) is 7. The van der Waals surface area contributed by atoms with Gasteiger partial charge in [0.15, 0.2) is 0 Å². The summed E-state index contributed by atoms with van der Waals surface area (Å²) in [7, 11) is 3.32. The van der Waals surface area contributed by atoms with E-state index < -0.39 is 17.8 Å². The Labute approximate surface area is 238 Å². The van der Waals surface area contributed by atoms with Crippen molar-refractivity contribution in [2.24, 2.45) is 5.92 Å². The van der Waals surface area contributed by atoms with E-state index in [0.29, 0.717) is 35.0 Å². The smallest absolute Gasteiger partial charge is 0.416 e. The number of nitrogens with zero attached hydrogens (tertiary/aromatic N) is 3. The molecule has 0 bridgehead atoms. The molecular weight excluding hydrogens is 535 g/mol. The lowest BCUT2D eigenvalue weighted by molar-refractivity contribution is -0.138. The predicted octanol–water partition coefficient (Wildman–Crippen LogP) is 5.75. The van der Waals surface area contributed by atoms with Crippen molar-refractivity contribution in [1.82, 2.24) is 14.9 Å². The third-order valence-electron chi connectivity index (χ3n) is 8.08. The maximum absolute atomic E-state index is 13.7. The van der Waals surface area contributed by atoms with Crippen LogP contribution in [0.15, 0.2) is 24.3 Å². The minimum atomic E-state index is -4.52. The van der Waals surface area contributed by atoms with Crippen molar-refractivity contribution < 1.29 is 27.8 Å². The lowest BCUT2D eigenvalue weighted by atomic mass is 9.77. The second-order valence-electron chi connectivity index (χ2n) is 10.9. The molecule has 3 aromatic rings. The zero-order chi connectivity index (χ0) is 30.1. The first kappa shape index (κ1) is 30.4. The molecule has 1 fully saturated rings. The number of alkyl halides is 3. The number of nitrogens with two attached hydrogens (primary N) is 1. The van der Waals surface area contributed by atoms with Gasteiger partial charge in [-0.25, -0.2) is 9.97 Å². The Hall–Kier alpha value is -3.60. The molecule has 11 heteroatoms. The Kier molecular flexibility index (Phi) is 8.96. The monoisotopic (exact) mass is 573 g/mol. The van der Waals surface area contributed by atoms with Crippen LogP contribution in [0.4, 0.5) is 24.7 Å². The normalized spacial score (nSPS) is 18.3. The summed E-state index contributed by atoms with van der Waals surface area (Å²) in [6.07, 6.45) is -1.48. The Morgan fingerprint density at radius 1 is 1.17 bits per heavy atom. The number of halogens is 3. The number of benzene rings is 2. The number of ether oxygens (including phenoxy) is 1. The van der Waals surface area contributed by atoms with Crippen LogP contribution in [0.2, 0.25) is 0 Å². The first-order valence-electron chi connectivity index (χ1n) is 13.8. The van der Waals surface area contributed by atoms with E-state index in [4.69, 9.17) is 10.5 Å². The summed E-state index contributed by atoms with van der Waals surface area (Å²) >= 11 is 0. The number of carbonyl (C=O) groups excluding carboxylic acids is 1. The fraction of sp³-hybridized carbons (Fsp3) is 0.500. The molecule has 0 unspecified atom stereocenters. The Morgan fingerprint density at radius 3 is 2.46 bits per heavy atom. The molecular formula is C30H38F3N5O3. The summed E-state index contributed by atoms with van der Waals surface area (Å²) in [6, 6.07) is 5.86. The molecule has 0 aliphatic heterocycles. The van der Waals surface area contributed by atoms with Crippen molar-refractivity contribution >= 4 is 28.3 Å². The third-order valence-corrected chi connectivity index (χ3v) is 8.08. The van der Waals surface area contributed by atoms with Gasteiger partial charge in [-0.05, 0) is 87.3 Å².